The summed E-state index contributed by atoms with van der Waals surface area (Å²) in [5.74, 6) is 1.99. The number of anilines is 1. The Bertz CT molecular complexity index is 704. The molecule has 1 atom stereocenters. The van der Waals surface area contributed by atoms with Crippen LogP contribution in [0.3, 0.4) is 0 Å². The van der Waals surface area contributed by atoms with Gasteiger partial charge in [0.2, 0.25) is 0 Å². The molecule has 1 N–H and O–H groups in total. The summed E-state index contributed by atoms with van der Waals surface area (Å²) in [6.45, 7) is 6.11. The highest BCUT2D eigenvalue weighted by atomic mass is 16.5. The Labute approximate surface area is 136 Å². The lowest BCUT2D eigenvalue weighted by Crippen LogP contribution is -2.23. The van der Waals surface area contributed by atoms with E-state index in [4.69, 9.17) is 4.74 Å². The van der Waals surface area contributed by atoms with Crippen LogP contribution < -0.4 is 10.1 Å². The van der Waals surface area contributed by atoms with Crippen molar-refractivity contribution in [3.63, 3.8) is 0 Å². The van der Waals surface area contributed by atoms with Crippen LogP contribution >= 0.6 is 0 Å². The number of nitrogens with zero attached hydrogens (tertiary/aromatic N) is 2. The van der Waals surface area contributed by atoms with E-state index >= 15 is 0 Å². The van der Waals surface area contributed by atoms with Crippen LogP contribution in [0.15, 0.2) is 30.5 Å². The van der Waals surface area contributed by atoms with Crippen molar-refractivity contribution < 1.29 is 9.53 Å². The number of carbonyl (C=O) groups is 1. The Balaban J connectivity index is 1.59. The first-order valence-electron chi connectivity index (χ1n) is 8.08. The highest BCUT2D eigenvalue weighted by Crippen LogP contribution is 2.40. The van der Waals surface area contributed by atoms with E-state index in [0.29, 0.717) is 12.0 Å². The molecule has 122 valence electrons. The molecule has 0 radical (unpaired) electrons. The van der Waals surface area contributed by atoms with Crippen molar-refractivity contribution in [2.24, 2.45) is 5.92 Å². The van der Waals surface area contributed by atoms with Crippen molar-refractivity contribution in [3.8, 4) is 5.75 Å². The lowest BCUT2D eigenvalue weighted by Gasteiger charge is -2.15. The Morgan fingerprint density at radius 2 is 2.17 bits per heavy atom. The number of aryl methyl sites for hydroxylation is 2. The molecule has 2 aromatic rings. The third-order valence-electron chi connectivity index (χ3n) is 4.33. The number of carbonyl (C=O) groups excluding carboxylic acids is 1. The van der Waals surface area contributed by atoms with Crippen LogP contribution in [0.1, 0.15) is 36.9 Å². The van der Waals surface area contributed by atoms with Crippen molar-refractivity contribution in [2.45, 2.75) is 39.7 Å². The van der Waals surface area contributed by atoms with Gasteiger partial charge in [-0.1, -0.05) is 12.1 Å². The van der Waals surface area contributed by atoms with Crippen LogP contribution in [0.25, 0.3) is 0 Å². The summed E-state index contributed by atoms with van der Waals surface area (Å²) in [6, 6.07) is 8.12. The second-order valence-electron chi connectivity index (χ2n) is 6.34. The topological polar surface area (TPSA) is 56.1 Å². The van der Waals surface area contributed by atoms with Crippen molar-refractivity contribution in [1.29, 1.82) is 0 Å². The van der Waals surface area contributed by atoms with Gasteiger partial charge in [-0.05, 0) is 56.7 Å². The molecule has 1 aliphatic carbocycles. The van der Waals surface area contributed by atoms with Crippen LogP contribution in [0.5, 0.6) is 5.75 Å². The van der Waals surface area contributed by atoms with Gasteiger partial charge in [0.25, 0.3) is 5.91 Å². The molecule has 1 aliphatic rings. The molecule has 1 saturated carbocycles. The maximum atomic E-state index is 12.2. The predicted molar refractivity (Wildman–Crippen MR) is 89.7 cm³/mol. The first-order chi connectivity index (χ1) is 11.0. The minimum Gasteiger partial charge on any atom is -0.483 e. The molecule has 5 heteroatoms. The number of rotatable bonds is 6. The molecule has 1 amide bonds. The van der Waals surface area contributed by atoms with Gasteiger partial charge in [0.15, 0.2) is 6.61 Å². The highest BCUT2D eigenvalue weighted by molar-refractivity contribution is 5.91. The SMILES string of the molecule is Cc1ccc(C)c(OCC(=O)Nc2ccnn2C(C)C2CC2)c1. The maximum absolute atomic E-state index is 12.2. The Morgan fingerprint density at radius 1 is 1.39 bits per heavy atom. The number of nitrogens with one attached hydrogen (secondary N) is 1. The smallest absolute Gasteiger partial charge is 0.263 e. The highest BCUT2D eigenvalue weighted by Gasteiger charge is 2.30. The molecule has 5 nitrogen and oxygen atoms in total. The summed E-state index contributed by atoms with van der Waals surface area (Å²) < 4.78 is 7.54. The van der Waals surface area contributed by atoms with Crippen molar-refractivity contribution in [1.82, 2.24) is 9.78 Å². The minimum atomic E-state index is -0.171. The van der Waals surface area contributed by atoms with Crippen molar-refractivity contribution >= 4 is 11.7 Å². The van der Waals surface area contributed by atoms with Gasteiger partial charge in [-0.25, -0.2) is 4.68 Å². The summed E-state index contributed by atoms with van der Waals surface area (Å²) in [5.41, 5.74) is 2.14. The number of amides is 1. The molecule has 1 aromatic heterocycles. The normalized spacial score (nSPS) is 15.3. The summed E-state index contributed by atoms with van der Waals surface area (Å²) in [7, 11) is 0. The lowest BCUT2D eigenvalue weighted by molar-refractivity contribution is -0.118. The van der Waals surface area contributed by atoms with Gasteiger partial charge in [0, 0.05) is 6.07 Å². The number of benzene rings is 1. The fourth-order valence-electron chi connectivity index (χ4n) is 2.70. The fourth-order valence-corrected chi connectivity index (χ4v) is 2.70. The van der Waals surface area contributed by atoms with E-state index in [1.165, 1.54) is 12.8 Å². The van der Waals surface area contributed by atoms with E-state index in [2.05, 4.69) is 17.3 Å². The van der Waals surface area contributed by atoms with Gasteiger partial charge < -0.3 is 10.1 Å². The standard InChI is InChI=1S/C18H23N3O2/c1-12-4-5-13(2)16(10-12)23-11-18(22)20-17-8-9-19-21(17)14(3)15-6-7-15/h4-5,8-10,14-15H,6-7,11H2,1-3H3,(H,20,22). The van der Waals surface area contributed by atoms with Crippen molar-refractivity contribution in [3.05, 3.63) is 41.6 Å². The van der Waals surface area contributed by atoms with Crippen LogP contribution in [-0.2, 0) is 4.79 Å². The van der Waals surface area contributed by atoms with E-state index in [0.717, 1.165) is 22.7 Å². The van der Waals surface area contributed by atoms with E-state index in [-0.39, 0.29) is 12.5 Å². The van der Waals surface area contributed by atoms with E-state index < -0.39 is 0 Å². The first-order valence-corrected chi connectivity index (χ1v) is 8.08. The zero-order valence-corrected chi connectivity index (χ0v) is 13.9. The van der Waals surface area contributed by atoms with Gasteiger partial charge >= 0.3 is 0 Å². The number of ether oxygens (including phenoxy) is 1. The molecule has 3 rings (SSSR count). The van der Waals surface area contributed by atoms with Crippen LogP contribution in [0, 0.1) is 19.8 Å². The summed E-state index contributed by atoms with van der Waals surface area (Å²) in [6.07, 6.45) is 4.20. The zero-order chi connectivity index (χ0) is 16.4. The molecular formula is C18H23N3O2. The van der Waals surface area contributed by atoms with Gasteiger partial charge in [-0.15, -0.1) is 0 Å². The van der Waals surface area contributed by atoms with Gasteiger partial charge in [-0.2, -0.15) is 5.10 Å². The molecule has 0 spiro atoms. The molecular weight excluding hydrogens is 290 g/mol. The second-order valence-corrected chi connectivity index (χ2v) is 6.34. The lowest BCUT2D eigenvalue weighted by atomic mass is 10.1. The molecule has 0 bridgehead atoms. The van der Waals surface area contributed by atoms with Crippen LogP contribution in [-0.4, -0.2) is 22.3 Å². The summed E-state index contributed by atoms with van der Waals surface area (Å²) in [5, 5.41) is 7.23. The zero-order valence-electron chi connectivity index (χ0n) is 13.9. The van der Waals surface area contributed by atoms with Gasteiger partial charge in [0.1, 0.15) is 11.6 Å². The monoisotopic (exact) mass is 313 g/mol. The summed E-state index contributed by atoms with van der Waals surface area (Å²) in [4.78, 5) is 12.2. The molecule has 1 unspecified atom stereocenters. The van der Waals surface area contributed by atoms with E-state index in [1.807, 2.05) is 42.8 Å². The Hall–Kier alpha value is -2.30. The Morgan fingerprint density at radius 3 is 2.91 bits per heavy atom. The summed E-state index contributed by atoms with van der Waals surface area (Å²) >= 11 is 0. The second kappa shape index (κ2) is 6.44. The molecule has 23 heavy (non-hydrogen) atoms. The van der Waals surface area contributed by atoms with Gasteiger partial charge in [-0.3, -0.25) is 4.79 Å². The minimum absolute atomic E-state index is 0.00666. The van der Waals surface area contributed by atoms with Crippen LogP contribution in [0.2, 0.25) is 0 Å². The molecule has 0 saturated heterocycles. The fraction of sp³-hybridized carbons (Fsp3) is 0.444. The van der Waals surface area contributed by atoms with E-state index in [1.54, 1.807) is 6.20 Å². The number of hydrogen-bond acceptors (Lipinski definition) is 3. The van der Waals surface area contributed by atoms with Crippen molar-refractivity contribution in [2.75, 3.05) is 11.9 Å². The molecule has 0 aliphatic heterocycles. The van der Waals surface area contributed by atoms with E-state index in [9.17, 15) is 4.79 Å². The largest absolute Gasteiger partial charge is 0.483 e. The number of aromatic nitrogens is 2. The molecule has 1 heterocycles. The quantitative estimate of drug-likeness (QED) is 0.888. The third-order valence-corrected chi connectivity index (χ3v) is 4.33. The first kappa shape index (κ1) is 15.6. The maximum Gasteiger partial charge on any atom is 0.263 e. The average Bonchev–Trinajstić information content (AvgIpc) is 3.28. The number of hydrogen-bond donors (Lipinski definition) is 1. The van der Waals surface area contributed by atoms with Gasteiger partial charge in [0.05, 0.1) is 12.2 Å². The average molecular weight is 313 g/mol. The predicted octanol–water partition coefficient (Wildman–Crippen LogP) is 3.49. The molecule has 1 aromatic carbocycles. The Kier molecular flexibility index (Phi) is 4.37. The van der Waals surface area contributed by atoms with Crippen LogP contribution in [0.4, 0.5) is 5.82 Å². The molecule has 1 fully saturated rings. The third kappa shape index (κ3) is 3.73.